The summed E-state index contributed by atoms with van der Waals surface area (Å²) in [6.45, 7) is 0. The number of fused-ring (bicyclic) bond motifs is 1. The molecule has 3 aromatic rings. The van der Waals surface area contributed by atoms with Crippen molar-refractivity contribution in [1.29, 1.82) is 0 Å². The molecule has 20 heavy (non-hydrogen) atoms. The third kappa shape index (κ3) is 1.84. The number of carbonyl (C=O) groups is 1. The zero-order chi connectivity index (χ0) is 14.3. The molecule has 0 atom stereocenters. The van der Waals surface area contributed by atoms with Crippen molar-refractivity contribution >= 4 is 16.9 Å². The second kappa shape index (κ2) is 4.45. The first-order chi connectivity index (χ1) is 9.60. The number of nitrogens with one attached hydrogen (secondary N) is 1. The summed E-state index contributed by atoms with van der Waals surface area (Å²) in [6, 6.07) is 11.2. The molecule has 2 aromatic heterocycles. The maximum atomic E-state index is 10.9. The Morgan fingerprint density at radius 3 is 2.70 bits per heavy atom. The minimum absolute atomic E-state index is 0.183. The lowest BCUT2D eigenvalue weighted by atomic mass is 10.2. The minimum atomic E-state index is -0.961. The lowest BCUT2D eigenvalue weighted by molar-refractivity contribution is 0.0691. The van der Waals surface area contributed by atoms with E-state index in [0.29, 0.717) is 0 Å². The molecule has 0 bridgehead atoms. The van der Waals surface area contributed by atoms with Gasteiger partial charge in [-0.25, -0.2) is 4.79 Å². The van der Waals surface area contributed by atoms with Crippen LogP contribution in [0.25, 0.3) is 22.3 Å². The summed E-state index contributed by atoms with van der Waals surface area (Å²) in [4.78, 5) is 13.8. The van der Waals surface area contributed by atoms with Gasteiger partial charge in [-0.3, -0.25) is 0 Å². The number of carboxylic acids is 1. The molecule has 2 N–H and O–H groups in total. The summed E-state index contributed by atoms with van der Waals surface area (Å²) in [5, 5.41) is 10.0. The van der Waals surface area contributed by atoms with Crippen LogP contribution < -0.4 is 4.74 Å². The molecule has 0 fully saturated rings. The Morgan fingerprint density at radius 2 is 2.05 bits per heavy atom. The molecule has 1 aromatic carbocycles. The number of hydrogen-bond acceptors (Lipinski definition) is 2. The molecule has 5 heteroatoms. The van der Waals surface area contributed by atoms with Crippen molar-refractivity contribution in [3.05, 3.63) is 42.1 Å². The molecule has 0 saturated carbocycles. The average Bonchev–Trinajstić information content (AvgIpc) is 3.03. The fourth-order valence-electron chi connectivity index (χ4n) is 2.38. The number of carboxylic acid groups (broad SMARTS) is 1. The average molecular weight is 270 g/mol. The van der Waals surface area contributed by atoms with Gasteiger partial charge in [0.2, 0.25) is 0 Å². The van der Waals surface area contributed by atoms with E-state index in [4.69, 9.17) is 9.84 Å². The quantitative estimate of drug-likeness (QED) is 0.769. The van der Waals surface area contributed by atoms with Crippen molar-refractivity contribution in [3.63, 3.8) is 0 Å². The lowest BCUT2D eigenvalue weighted by Crippen LogP contribution is -1.96. The minimum Gasteiger partial charge on any atom is -0.497 e. The Kier molecular flexibility index (Phi) is 2.75. The summed E-state index contributed by atoms with van der Waals surface area (Å²) in [5.41, 5.74) is 2.95. The molecule has 0 saturated heterocycles. The molecule has 0 spiro atoms. The van der Waals surface area contributed by atoms with Gasteiger partial charge < -0.3 is 19.4 Å². The SMILES string of the molecule is COc1ccc2c(c1)cc(-c1ccc(C(=O)O)[nH]1)n2C. The van der Waals surface area contributed by atoms with Gasteiger partial charge >= 0.3 is 5.97 Å². The summed E-state index contributed by atoms with van der Waals surface area (Å²) in [6.07, 6.45) is 0. The number of hydrogen-bond donors (Lipinski definition) is 2. The molecule has 3 rings (SSSR count). The van der Waals surface area contributed by atoms with E-state index in [1.54, 1.807) is 19.2 Å². The van der Waals surface area contributed by atoms with Crippen LogP contribution in [0, 0.1) is 0 Å². The maximum Gasteiger partial charge on any atom is 0.352 e. The van der Waals surface area contributed by atoms with Gasteiger partial charge in [-0.05, 0) is 36.4 Å². The van der Waals surface area contributed by atoms with E-state index in [2.05, 4.69) is 4.98 Å². The van der Waals surface area contributed by atoms with Crippen LogP contribution in [-0.4, -0.2) is 27.7 Å². The van der Waals surface area contributed by atoms with Crippen LogP contribution >= 0.6 is 0 Å². The lowest BCUT2D eigenvalue weighted by Gasteiger charge is -2.03. The smallest absolute Gasteiger partial charge is 0.352 e. The summed E-state index contributed by atoms with van der Waals surface area (Å²) in [5.74, 6) is -0.163. The first-order valence-electron chi connectivity index (χ1n) is 6.16. The van der Waals surface area contributed by atoms with E-state index in [-0.39, 0.29) is 5.69 Å². The van der Waals surface area contributed by atoms with Crippen molar-refractivity contribution in [2.45, 2.75) is 0 Å². The molecule has 5 nitrogen and oxygen atoms in total. The number of aryl methyl sites for hydroxylation is 1. The highest BCUT2D eigenvalue weighted by molar-refractivity contribution is 5.90. The van der Waals surface area contributed by atoms with Crippen LogP contribution in [0.5, 0.6) is 5.75 Å². The Bertz CT molecular complexity index is 799. The second-order valence-electron chi connectivity index (χ2n) is 4.60. The molecule has 0 radical (unpaired) electrons. The molecule has 0 aliphatic rings. The molecule has 0 aliphatic heterocycles. The van der Waals surface area contributed by atoms with Gasteiger partial charge in [0.05, 0.1) is 18.5 Å². The normalized spacial score (nSPS) is 10.9. The first kappa shape index (κ1) is 12.3. The van der Waals surface area contributed by atoms with Crippen LogP contribution in [0.2, 0.25) is 0 Å². The van der Waals surface area contributed by atoms with Crippen molar-refractivity contribution in [2.24, 2.45) is 7.05 Å². The molecule has 0 amide bonds. The summed E-state index contributed by atoms with van der Waals surface area (Å²) < 4.78 is 7.24. The topological polar surface area (TPSA) is 67.2 Å². The van der Waals surface area contributed by atoms with E-state index in [1.165, 1.54) is 0 Å². The molecule has 0 aliphatic carbocycles. The maximum absolute atomic E-state index is 10.9. The Hall–Kier alpha value is -2.69. The number of aromatic nitrogens is 2. The molecule has 0 unspecified atom stereocenters. The third-order valence-electron chi connectivity index (χ3n) is 3.44. The van der Waals surface area contributed by atoms with Crippen molar-refractivity contribution in [1.82, 2.24) is 9.55 Å². The molecular formula is C15H14N2O3. The van der Waals surface area contributed by atoms with Crippen LogP contribution in [0.4, 0.5) is 0 Å². The highest BCUT2D eigenvalue weighted by atomic mass is 16.5. The monoisotopic (exact) mass is 270 g/mol. The van der Waals surface area contributed by atoms with Gasteiger partial charge in [-0.1, -0.05) is 0 Å². The molecule has 102 valence electrons. The van der Waals surface area contributed by atoms with Crippen molar-refractivity contribution in [2.75, 3.05) is 7.11 Å². The van der Waals surface area contributed by atoms with Crippen molar-refractivity contribution in [3.8, 4) is 17.1 Å². The predicted molar refractivity (Wildman–Crippen MR) is 76.2 cm³/mol. The summed E-state index contributed by atoms with van der Waals surface area (Å²) >= 11 is 0. The van der Waals surface area contributed by atoms with E-state index in [0.717, 1.165) is 28.0 Å². The number of methoxy groups -OCH3 is 1. The van der Waals surface area contributed by atoms with Crippen LogP contribution in [0.3, 0.4) is 0 Å². The van der Waals surface area contributed by atoms with Gasteiger partial charge in [0.15, 0.2) is 0 Å². The highest BCUT2D eigenvalue weighted by Gasteiger charge is 2.12. The fraction of sp³-hybridized carbons (Fsp3) is 0.133. The van der Waals surface area contributed by atoms with E-state index >= 15 is 0 Å². The zero-order valence-corrected chi connectivity index (χ0v) is 11.2. The third-order valence-corrected chi connectivity index (χ3v) is 3.44. The first-order valence-corrected chi connectivity index (χ1v) is 6.16. The Labute approximate surface area is 115 Å². The number of ether oxygens (including phenoxy) is 1. The number of aromatic amines is 1. The Balaban J connectivity index is 2.15. The summed E-state index contributed by atoms with van der Waals surface area (Å²) in [7, 11) is 3.58. The van der Waals surface area contributed by atoms with E-state index in [9.17, 15) is 4.79 Å². The second-order valence-corrected chi connectivity index (χ2v) is 4.60. The molecular weight excluding hydrogens is 256 g/mol. The largest absolute Gasteiger partial charge is 0.497 e. The standard InChI is InChI=1S/C15H14N2O3/c1-17-13-6-3-10(20-2)7-9(13)8-14(17)11-4-5-12(16-11)15(18)19/h3-8,16H,1-2H3,(H,18,19). The van der Waals surface area contributed by atoms with Crippen LogP contribution in [0.1, 0.15) is 10.5 Å². The number of aromatic carboxylic acids is 1. The highest BCUT2D eigenvalue weighted by Crippen LogP contribution is 2.29. The Morgan fingerprint density at radius 1 is 1.25 bits per heavy atom. The van der Waals surface area contributed by atoms with Gasteiger partial charge in [-0.2, -0.15) is 0 Å². The van der Waals surface area contributed by atoms with Crippen molar-refractivity contribution < 1.29 is 14.6 Å². The van der Waals surface area contributed by atoms with Gasteiger partial charge in [-0.15, -0.1) is 0 Å². The fourth-order valence-corrected chi connectivity index (χ4v) is 2.38. The van der Waals surface area contributed by atoms with E-state index in [1.807, 2.05) is 35.9 Å². The van der Waals surface area contributed by atoms with Gasteiger partial charge in [0.1, 0.15) is 11.4 Å². The number of nitrogens with zero attached hydrogens (tertiary/aromatic N) is 1. The van der Waals surface area contributed by atoms with Gasteiger partial charge in [0.25, 0.3) is 0 Å². The number of rotatable bonds is 3. The van der Waals surface area contributed by atoms with Crippen LogP contribution in [-0.2, 0) is 7.05 Å². The predicted octanol–water partition coefficient (Wildman–Crippen LogP) is 2.88. The zero-order valence-electron chi connectivity index (χ0n) is 11.2. The number of H-pyrrole nitrogens is 1. The number of benzene rings is 1. The van der Waals surface area contributed by atoms with Crippen LogP contribution in [0.15, 0.2) is 36.4 Å². The van der Waals surface area contributed by atoms with Gasteiger partial charge in [0, 0.05) is 18.0 Å². The molecule has 2 heterocycles. The van der Waals surface area contributed by atoms with E-state index < -0.39 is 5.97 Å².